The van der Waals surface area contributed by atoms with Crippen LogP contribution >= 0.6 is 11.8 Å². The number of rotatable bonds is 8. The summed E-state index contributed by atoms with van der Waals surface area (Å²) in [6.07, 6.45) is 1.65. The molecule has 0 atom stereocenters. The second-order valence-electron chi connectivity index (χ2n) is 6.25. The predicted molar refractivity (Wildman–Crippen MR) is 108 cm³/mol. The zero-order valence-electron chi connectivity index (χ0n) is 15.4. The Labute approximate surface area is 168 Å². The molecule has 0 unspecified atom stereocenters. The van der Waals surface area contributed by atoms with Crippen molar-refractivity contribution in [1.82, 2.24) is 14.8 Å². The van der Waals surface area contributed by atoms with E-state index in [9.17, 15) is 12.8 Å². The van der Waals surface area contributed by atoms with Crippen LogP contribution in [0.4, 0.5) is 4.39 Å². The van der Waals surface area contributed by atoms with Gasteiger partial charge in [0.2, 0.25) is 0 Å². The van der Waals surface area contributed by atoms with Crippen molar-refractivity contribution in [3.8, 4) is 0 Å². The number of aromatic nitrogens is 3. The van der Waals surface area contributed by atoms with E-state index in [1.165, 1.54) is 17.8 Å². The van der Waals surface area contributed by atoms with Crippen LogP contribution in [0, 0.1) is 12.7 Å². The largest absolute Gasteiger partial charge is 0.301 e. The van der Waals surface area contributed by atoms with Crippen molar-refractivity contribution in [2.45, 2.75) is 35.0 Å². The Hall–Kier alpha value is -2.45. The fourth-order valence-electron chi connectivity index (χ4n) is 2.60. The van der Waals surface area contributed by atoms with Crippen molar-refractivity contribution in [3.63, 3.8) is 0 Å². The number of hydrogen-bond acceptors (Lipinski definition) is 5. The molecule has 146 valence electrons. The lowest BCUT2D eigenvalue weighted by molar-refractivity contribution is 0.590. The van der Waals surface area contributed by atoms with E-state index in [0.29, 0.717) is 28.8 Å². The van der Waals surface area contributed by atoms with Crippen LogP contribution in [0.25, 0.3) is 0 Å². The van der Waals surface area contributed by atoms with Gasteiger partial charge in [0, 0.05) is 12.3 Å². The van der Waals surface area contributed by atoms with Gasteiger partial charge in [-0.15, -0.1) is 16.8 Å². The normalized spacial score (nSPS) is 11.5. The molecule has 5 nitrogen and oxygen atoms in total. The highest BCUT2D eigenvalue weighted by Gasteiger charge is 2.21. The molecule has 0 saturated carbocycles. The van der Waals surface area contributed by atoms with Crippen molar-refractivity contribution in [3.05, 3.63) is 84.0 Å². The zero-order chi connectivity index (χ0) is 20.1. The minimum atomic E-state index is -3.56. The Morgan fingerprint density at radius 1 is 1.14 bits per heavy atom. The molecule has 1 aromatic heterocycles. The first kappa shape index (κ1) is 20.3. The van der Waals surface area contributed by atoms with Gasteiger partial charge in [0.25, 0.3) is 0 Å². The molecule has 8 heteroatoms. The molecule has 2 aromatic carbocycles. The smallest absolute Gasteiger partial charge is 0.191 e. The molecule has 28 heavy (non-hydrogen) atoms. The molecule has 0 radical (unpaired) electrons. The summed E-state index contributed by atoms with van der Waals surface area (Å²) in [5.41, 5.74) is 1.54. The average molecular weight is 418 g/mol. The molecule has 0 saturated heterocycles. The van der Waals surface area contributed by atoms with Crippen molar-refractivity contribution < 1.29 is 12.8 Å². The second-order valence-corrected chi connectivity index (χ2v) is 9.18. The van der Waals surface area contributed by atoms with Crippen molar-refractivity contribution >= 4 is 21.6 Å². The minimum Gasteiger partial charge on any atom is -0.301 e. The van der Waals surface area contributed by atoms with E-state index in [1.807, 2.05) is 6.92 Å². The molecule has 1 heterocycles. The summed E-state index contributed by atoms with van der Waals surface area (Å²) in [6, 6.07) is 13.2. The van der Waals surface area contributed by atoms with Crippen LogP contribution in [0.15, 0.2) is 71.2 Å². The SMILES string of the molecule is C=CCn1c(CS(=O)(=O)c2ccc(C)cc2)nnc1SCc1ccccc1F. The lowest BCUT2D eigenvalue weighted by Gasteiger charge is -2.09. The Balaban J connectivity index is 1.83. The third kappa shape index (κ3) is 4.69. The van der Waals surface area contributed by atoms with Gasteiger partial charge in [-0.05, 0) is 30.7 Å². The van der Waals surface area contributed by atoms with Crippen LogP contribution in [0.1, 0.15) is 17.0 Å². The Morgan fingerprint density at radius 2 is 1.86 bits per heavy atom. The van der Waals surface area contributed by atoms with Gasteiger partial charge < -0.3 is 4.57 Å². The lowest BCUT2D eigenvalue weighted by atomic mass is 10.2. The van der Waals surface area contributed by atoms with Crippen LogP contribution in [0.2, 0.25) is 0 Å². The summed E-state index contributed by atoms with van der Waals surface area (Å²) in [4.78, 5) is 0.242. The van der Waals surface area contributed by atoms with Crippen molar-refractivity contribution in [2.75, 3.05) is 0 Å². The molecule has 0 aliphatic heterocycles. The van der Waals surface area contributed by atoms with E-state index in [2.05, 4.69) is 16.8 Å². The van der Waals surface area contributed by atoms with Gasteiger partial charge in [-0.1, -0.05) is 53.7 Å². The maximum atomic E-state index is 13.8. The molecule has 0 bridgehead atoms. The lowest BCUT2D eigenvalue weighted by Crippen LogP contribution is -2.11. The molecule has 0 aliphatic carbocycles. The molecule has 3 aromatic rings. The summed E-state index contributed by atoms with van der Waals surface area (Å²) >= 11 is 1.31. The van der Waals surface area contributed by atoms with Crippen LogP contribution in [-0.4, -0.2) is 23.2 Å². The first-order valence-corrected chi connectivity index (χ1v) is 11.2. The van der Waals surface area contributed by atoms with Gasteiger partial charge in [0.05, 0.1) is 4.90 Å². The van der Waals surface area contributed by atoms with E-state index in [4.69, 9.17) is 0 Å². The van der Waals surface area contributed by atoms with Crippen molar-refractivity contribution in [2.24, 2.45) is 0 Å². The summed E-state index contributed by atoms with van der Waals surface area (Å²) in [5.74, 6) is 0.146. The van der Waals surface area contributed by atoms with E-state index in [1.54, 1.807) is 53.1 Å². The standard InChI is InChI=1S/C20H20FN3O2S2/c1-3-12-24-19(14-28(25,26)17-10-8-15(2)9-11-17)22-23-20(24)27-13-16-6-4-5-7-18(16)21/h3-11H,1,12-14H2,2H3. The number of hydrogen-bond donors (Lipinski definition) is 0. The van der Waals surface area contributed by atoms with Crippen LogP contribution in [0.5, 0.6) is 0 Å². The topological polar surface area (TPSA) is 64.8 Å². The molecular formula is C20H20FN3O2S2. The third-order valence-corrected chi connectivity index (χ3v) is 6.76. The molecule has 0 N–H and O–H groups in total. The van der Waals surface area contributed by atoms with E-state index in [0.717, 1.165) is 5.56 Å². The second kappa shape index (κ2) is 8.70. The van der Waals surface area contributed by atoms with Gasteiger partial charge in [-0.25, -0.2) is 12.8 Å². The summed E-state index contributed by atoms with van der Waals surface area (Å²) in [5, 5.41) is 8.71. The third-order valence-electron chi connectivity index (χ3n) is 4.12. The Bertz CT molecular complexity index is 1080. The molecule has 0 fully saturated rings. The maximum absolute atomic E-state index is 13.8. The number of nitrogens with zero attached hydrogens (tertiary/aromatic N) is 3. The number of benzene rings is 2. The highest BCUT2D eigenvalue weighted by molar-refractivity contribution is 7.98. The van der Waals surface area contributed by atoms with Crippen LogP contribution in [-0.2, 0) is 27.9 Å². The van der Waals surface area contributed by atoms with E-state index >= 15 is 0 Å². The number of thioether (sulfide) groups is 1. The highest BCUT2D eigenvalue weighted by Crippen LogP contribution is 2.25. The molecule has 0 amide bonds. The Morgan fingerprint density at radius 3 is 2.54 bits per heavy atom. The van der Waals surface area contributed by atoms with Gasteiger partial charge in [-0.3, -0.25) is 0 Å². The maximum Gasteiger partial charge on any atom is 0.191 e. The van der Waals surface area contributed by atoms with Crippen molar-refractivity contribution in [1.29, 1.82) is 0 Å². The van der Waals surface area contributed by atoms with Gasteiger partial charge in [0.15, 0.2) is 15.0 Å². The quantitative estimate of drug-likeness (QED) is 0.406. The number of aryl methyl sites for hydroxylation is 1. The minimum absolute atomic E-state index is 0.242. The Kier molecular flexibility index (Phi) is 6.31. The van der Waals surface area contributed by atoms with E-state index < -0.39 is 9.84 Å². The summed E-state index contributed by atoms with van der Waals surface area (Å²) in [7, 11) is -3.56. The van der Waals surface area contributed by atoms with E-state index in [-0.39, 0.29) is 16.5 Å². The monoisotopic (exact) mass is 417 g/mol. The highest BCUT2D eigenvalue weighted by atomic mass is 32.2. The fraction of sp³-hybridized carbons (Fsp3) is 0.200. The molecule has 3 rings (SSSR count). The van der Waals surface area contributed by atoms with Gasteiger partial charge in [0.1, 0.15) is 17.4 Å². The summed E-state index contributed by atoms with van der Waals surface area (Å²) in [6.45, 7) is 5.98. The average Bonchev–Trinajstić information content (AvgIpc) is 3.03. The van der Waals surface area contributed by atoms with Gasteiger partial charge in [-0.2, -0.15) is 0 Å². The van der Waals surface area contributed by atoms with Crippen LogP contribution in [0.3, 0.4) is 0 Å². The molecule has 0 aliphatic rings. The first-order valence-electron chi connectivity index (χ1n) is 8.59. The first-order chi connectivity index (χ1) is 13.4. The summed E-state index contributed by atoms with van der Waals surface area (Å²) < 4.78 is 41.0. The number of halogens is 1. The van der Waals surface area contributed by atoms with Crippen LogP contribution < -0.4 is 0 Å². The zero-order valence-corrected chi connectivity index (χ0v) is 17.0. The molecule has 0 spiro atoms. The molecular weight excluding hydrogens is 397 g/mol. The fourth-order valence-corrected chi connectivity index (χ4v) is 4.83. The number of allylic oxidation sites excluding steroid dienone is 1. The number of sulfone groups is 1. The predicted octanol–water partition coefficient (Wildman–Crippen LogP) is 4.18. The van der Waals surface area contributed by atoms with Gasteiger partial charge >= 0.3 is 0 Å².